The van der Waals surface area contributed by atoms with Crippen LogP contribution >= 0.6 is 30.3 Å². The molecule has 1 saturated heterocycles. The van der Waals surface area contributed by atoms with E-state index in [1.165, 1.54) is 0 Å². The van der Waals surface area contributed by atoms with Crippen LogP contribution in [0.15, 0.2) is 18.5 Å². The first-order valence-electron chi connectivity index (χ1n) is 8.63. The SMILES string of the molecule is N#CC1CC12CCN(n1c(CO)nc3cnc4c(ccn4SI)c31)CC2. The van der Waals surface area contributed by atoms with E-state index in [4.69, 9.17) is 0 Å². The number of pyridine rings is 1. The Bertz CT molecular complexity index is 1050. The Balaban J connectivity index is 1.60. The second-order valence-corrected chi connectivity index (χ2v) is 8.85. The molecule has 2 aliphatic rings. The predicted octanol–water partition coefficient (Wildman–Crippen LogP) is 2.99. The van der Waals surface area contributed by atoms with Crippen molar-refractivity contribution in [1.82, 2.24) is 18.6 Å². The Kier molecular flexibility index (Phi) is 3.84. The Labute approximate surface area is 166 Å². The molecule has 1 atom stereocenters. The number of nitriles is 1. The van der Waals surface area contributed by atoms with Gasteiger partial charge < -0.3 is 10.1 Å². The van der Waals surface area contributed by atoms with Crippen molar-refractivity contribution in [2.75, 3.05) is 18.1 Å². The molecule has 0 bridgehead atoms. The average Bonchev–Trinajstić information content (AvgIpc) is 3.03. The summed E-state index contributed by atoms with van der Waals surface area (Å²) in [6.45, 7) is 1.64. The molecule has 1 unspecified atom stereocenters. The van der Waals surface area contributed by atoms with Crippen LogP contribution in [-0.2, 0) is 6.61 Å². The highest BCUT2D eigenvalue weighted by atomic mass is 127. The summed E-state index contributed by atoms with van der Waals surface area (Å²) in [7, 11) is 1.58. The molecule has 0 amide bonds. The molecule has 7 nitrogen and oxygen atoms in total. The van der Waals surface area contributed by atoms with Gasteiger partial charge in [-0.15, -0.1) is 0 Å². The molecular weight excluding hydrogens is 463 g/mol. The molecule has 2 fully saturated rings. The van der Waals surface area contributed by atoms with Crippen molar-refractivity contribution < 1.29 is 5.11 Å². The predicted molar refractivity (Wildman–Crippen MR) is 109 cm³/mol. The lowest BCUT2D eigenvalue weighted by Crippen LogP contribution is -2.43. The van der Waals surface area contributed by atoms with Crippen LogP contribution in [0.4, 0.5) is 0 Å². The first-order chi connectivity index (χ1) is 12.7. The third kappa shape index (κ3) is 2.28. The lowest BCUT2D eigenvalue weighted by Gasteiger charge is -2.35. The minimum absolute atomic E-state index is 0.111. The second-order valence-electron chi connectivity index (χ2n) is 7.14. The summed E-state index contributed by atoms with van der Waals surface area (Å²) >= 11 is 2.24. The van der Waals surface area contributed by atoms with Crippen LogP contribution < -0.4 is 5.01 Å². The smallest absolute Gasteiger partial charge is 0.154 e. The summed E-state index contributed by atoms with van der Waals surface area (Å²) in [5, 5.41) is 22.4. The standard InChI is InChI=1S/C17H17IN6OS/c18-26-23-4-1-12-15-13(9-20-16(12)23)21-14(10-25)24(15)22-5-2-17(3-6-22)7-11(17)8-19/h1,4,9,11,25H,2-3,5-7,10H2. The van der Waals surface area contributed by atoms with E-state index < -0.39 is 0 Å². The molecular formula is C17H17IN6OS. The molecule has 1 aliphatic carbocycles. The maximum absolute atomic E-state index is 9.88. The van der Waals surface area contributed by atoms with E-state index in [2.05, 4.69) is 53.0 Å². The van der Waals surface area contributed by atoms with Gasteiger partial charge in [-0.2, -0.15) is 5.26 Å². The minimum Gasteiger partial charge on any atom is -0.388 e. The number of aliphatic hydroxyl groups excluding tert-OH is 1. The van der Waals surface area contributed by atoms with Gasteiger partial charge in [0.1, 0.15) is 17.6 Å². The Morgan fingerprint density at radius 3 is 2.88 bits per heavy atom. The van der Waals surface area contributed by atoms with Gasteiger partial charge in [0.05, 0.1) is 18.2 Å². The fourth-order valence-electron chi connectivity index (χ4n) is 4.34. The molecule has 1 aliphatic heterocycles. The van der Waals surface area contributed by atoms with E-state index >= 15 is 0 Å². The van der Waals surface area contributed by atoms with E-state index in [0.29, 0.717) is 5.82 Å². The number of fused-ring (bicyclic) bond motifs is 3. The van der Waals surface area contributed by atoms with Gasteiger partial charge in [0, 0.05) is 55.0 Å². The molecule has 1 N–H and O–H groups in total. The Morgan fingerprint density at radius 1 is 1.42 bits per heavy atom. The molecule has 9 heteroatoms. The summed E-state index contributed by atoms with van der Waals surface area (Å²) in [6.07, 6.45) is 6.88. The van der Waals surface area contributed by atoms with Crippen molar-refractivity contribution in [2.45, 2.75) is 25.9 Å². The molecule has 3 aromatic rings. The highest BCUT2D eigenvalue weighted by Gasteiger charge is 2.55. The third-order valence-corrected chi connectivity index (χ3v) is 7.64. The number of imidazole rings is 1. The number of hydrogen-bond acceptors (Lipinski definition) is 6. The van der Waals surface area contributed by atoms with Gasteiger partial charge in [0.25, 0.3) is 0 Å². The zero-order chi connectivity index (χ0) is 17.9. The van der Waals surface area contributed by atoms with E-state index in [9.17, 15) is 10.4 Å². The fourth-order valence-corrected chi connectivity index (χ4v) is 5.62. The van der Waals surface area contributed by atoms with Crippen LogP contribution in [-0.4, -0.2) is 36.8 Å². The van der Waals surface area contributed by atoms with Gasteiger partial charge in [-0.25, -0.2) is 14.6 Å². The maximum Gasteiger partial charge on any atom is 0.154 e. The van der Waals surface area contributed by atoms with Gasteiger partial charge >= 0.3 is 0 Å². The first kappa shape index (κ1) is 16.6. The number of halogens is 1. The number of piperidine rings is 1. The highest BCUT2D eigenvalue weighted by Crippen LogP contribution is 2.58. The molecule has 0 aromatic carbocycles. The van der Waals surface area contributed by atoms with E-state index in [0.717, 1.165) is 54.4 Å². The van der Waals surface area contributed by atoms with Crippen molar-refractivity contribution in [3.8, 4) is 6.07 Å². The minimum atomic E-state index is -0.111. The van der Waals surface area contributed by atoms with E-state index in [1.54, 1.807) is 15.3 Å². The van der Waals surface area contributed by atoms with Gasteiger partial charge in [-0.1, -0.05) is 0 Å². The maximum atomic E-state index is 9.88. The summed E-state index contributed by atoms with van der Waals surface area (Å²) in [6, 6.07) is 4.51. The zero-order valence-corrected chi connectivity index (χ0v) is 16.9. The van der Waals surface area contributed by atoms with E-state index in [1.807, 2.05) is 10.2 Å². The summed E-state index contributed by atoms with van der Waals surface area (Å²) in [5.41, 5.74) is 2.95. The van der Waals surface area contributed by atoms with Crippen LogP contribution in [0.5, 0.6) is 0 Å². The van der Waals surface area contributed by atoms with Crippen LogP contribution in [0.3, 0.4) is 0 Å². The molecule has 3 aromatic heterocycles. The quantitative estimate of drug-likeness (QED) is 0.581. The second kappa shape index (κ2) is 6.00. The molecule has 26 heavy (non-hydrogen) atoms. The normalized spacial score (nSPS) is 21.6. The van der Waals surface area contributed by atoms with Crippen molar-refractivity contribution >= 4 is 52.4 Å². The zero-order valence-electron chi connectivity index (χ0n) is 14.0. The number of aliphatic hydroxyl groups is 1. The van der Waals surface area contributed by atoms with Gasteiger partial charge in [0.15, 0.2) is 11.5 Å². The average molecular weight is 480 g/mol. The first-order valence-corrected chi connectivity index (χ1v) is 11.9. The summed E-state index contributed by atoms with van der Waals surface area (Å²) in [5.74, 6) is 0.875. The Hall–Kier alpha value is -1.51. The van der Waals surface area contributed by atoms with Gasteiger partial charge in [-0.05, 0) is 30.7 Å². The molecule has 1 saturated carbocycles. The fraction of sp³-hybridized carbons (Fsp3) is 0.471. The topological polar surface area (TPSA) is 82.9 Å². The van der Waals surface area contributed by atoms with Gasteiger partial charge in [0.2, 0.25) is 0 Å². The number of nitrogens with zero attached hydrogens (tertiary/aromatic N) is 6. The molecule has 134 valence electrons. The molecule has 5 rings (SSSR count). The van der Waals surface area contributed by atoms with Crippen LogP contribution in [0.25, 0.3) is 22.1 Å². The van der Waals surface area contributed by atoms with Crippen molar-refractivity contribution in [3.05, 3.63) is 24.3 Å². The van der Waals surface area contributed by atoms with Crippen molar-refractivity contribution in [1.29, 1.82) is 5.26 Å². The monoisotopic (exact) mass is 480 g/mol. The van der Waals surface area contributed by atoms with Crippen LogP contribution in [0.1, 0.15) is 25.1 Å². The summed E-state index contributed by atoms with van der Waals surface area (Å²) in [4.78, 5) is 9.17. The lowest BCUT2D eigenvalue weighted by atomic mass is 9.92. The summed E-state index contributed by atoms with van der Waals surface area (Å²) < 4.78 is 4.11. The molecule has 0 radical (unpaired) electrons. The number of aromatic nitrogens is 4. The molecule has 1 spiro atoms. The Morgan fingerprint density at radius 2 is 2.23 bits per heavy atom. The number of rotatable bonds is 3. The van der Waals surface area contributed by atoms with Crippen LogP contribution in [0, 0.1) is 22.7 Å². The van der Waals surface area contributed by atoms with E-state index in [-0.39, 0.29) is 17.9 Å². The largest absolute Gasteiger partial charge is 0.388 e. The molecule has 4 heterocycles. The third-order valence-electron chi connectivity index (χ3n) is 5.92. The lowest BCUT2D eigenvalue weighted by molar-refractivity contribution is 0.258. The number of hydrogen-bond donors (Lipinski definition) is 1. The highest BCUT2D eigenvalue weighted by molar-refractivity contribution is 14.2. The van der Waals surface area contributed by atoms with Crippen LogP contribution in [0.2, 0.25) is 0 Å². The van der Waals surface area contributed by atoms with Gasteiger partial charge in [-0.3, -0.25) is 3.97 Å². The van der Waals surface area contributed by atoms with Crippen molar-refractivity contribution in [2.24, 2.45) is 11.3 Å². The van der Waals surface area contributed by atoms with Crippen molar-refractivity contribution in [3.63, 3.8) is 0 Å².